The third-order valence-corrected chi connectivity index (χ3v) is 5.42. The highest BCUT2D eigenvalue weighted by atomic mass is 16.2. The van der Waals surface area contributed by atoms with Gasteiger partial charge in [0.25, 0.3) is 5.91 Å². The minimum atomic E-state index is -0.00441. The van der Waals surface area contributed by atoms with Gasteiger partial charge in [0, 0.05) is 61.7 Å². The summed E-state index contributed by atoms with van der Waals surface area (Å²) in [5, 5.41) is 7.16. The van der Waals surface area contributed by atoms with Crippen LogP contribution in [-0.2, 0) is 13.0 Å². The number of likely N-dealkylation sites (tertiary alicyclic amines) is 1. The summed E-state index contributed by atoms with van der Waals surface area (Å²) in [5.74, 6) is 1.43. The van der Waals surface area contributed by atoms with Crippen LogP contribution >= 0.6 is 0 Å². The first-order valence-corrected chi connectivity index (χ1v) is 9.39. The van der Waals surface area contributed by atoms with Crippen LogP contribution in [0.3, 0.4) is 0 Å². The molecule has 1 amide bonds. The molecule has 2 aliphatic heterocycles. The summed E-state index contributed by atoms with van der Waals surface area (Å²) in [6.45, 7) is 7.52. The van der Waals surface area contributed by atoms with Crippen molar-refractivity contribution < 1.29 is 4.79 Å². The highest BCUT2D eigenvalue weighted by molar-refractivity contribution is 5.92. The van der Waals surface area contributed by atoms with E-state index < -0.39 is 0 Å². The third-order valence-electron chi connectivity index (χ3n) is 5.42. The van der Waals surface area contributed by atoms with E-state index in [1.807, 2.05) is 17.2 Å². The standard InChI is InChI=1S/C19H26N6O/c1-12(2)16-8-17(23-22-16)19(26)25-7-4-13(11-25)18-20-9-14-10-24(3)6-5-15(14)21-18/h8-9,12-13H,4-7,10-11H2,1-3H3,(H,22,23)/t13-/m0/s1. The summed E-state index contributed by atoms with van der Waals surface area (Å²) in [6.07, 6.45) is 3.86. The first-order valence-electron chi connectivity index (χ1n) is 9.39. The lowest BCUT2D eigenvalue weighted by atomic mass is 10.1. The molecule has 0 radical (unpaired) electrons. The van der Waals surface area contributed by atoms with Crippen molar-refractivity contribution in [2.45, 2.75) is 45.1 Å². The van der Waals surface area contributed by atoms with Gasteiger partial charge in [-0.3, -0.25) is 9.89 Å². The first-order chi connectivity index (χ1) is 12.5. The second-order valence-corrected chi connectivity index (χ2v) is 7.79. The molecule has 1 N–H and O–H groups in total. The van der Waals surface area contributed by atoms with Crippen LogP contribution in [0.2, 0.25) is 0 Å². The first kappa shape index (κ1) is 17.1. The van der Waals surface area contributed by atoms with E-state index in [9.17, 15) is 4.79 Å². The quantitative estimate of drug-likeness (QED) is 0.911. The number of aromatic amines is 1. The SMILES string of the molecule is CC(C)c1cc(C(=O)N2CC[C@H](c3ncc4c(n3)CCN(C)C4)C2)n[nH]1. The number of likely N-dealkylation sites (N-methyl/N-ethyl adjacent to an activating group) is 1. The molecule has 1 fully saturated rings. The van der Waals surface area contributed by atoms with Crippen molar-refractivity contribution in [1.29, 1.82) is 0 Å². The summed E-state index contributed by atoms with van der Waals surface area (Å²) in [5.41, 5.74) is 3.90. The van der Waals surface area contributed by atoms with E-state index in [1.165, 1.54) is 11.3 Å². The summed E-state index contributed by atoms with van der Waals surface area (Å²) < 4.78 is 0. The fraction of sp³-hybridized carbons (Fsp3) is 0.579. The number of hydrogen-bond donors (Lipinski definition) is 1. The Morgan fingerprint density at radius 3 is 2.96 bits per heavy atom. The Morgan fingerprint density at radius 2 is 2.19 bits per heavy atom. The Hall–Kier alpha value is -2.28. The molecule has 0 aliphatic carbocycles. The van der Waals surface area contributed by atoms with E-state index in [1.54, 1.807) is 0 Å². The number of fused-ring (bicyclic) bond motifs is 1. The molecule has 4 heterocycles. The minimum absolute atomic E-state index is 0.00441. The molecular weight excluding hydrogens is 328 g/mol. The largest absolute Gasteiger partial charge is 0.336 e. The van der Waals surface area contributed by atoms with Gasteiger partial charge in [-0.05, 0) is 25.5 Å². The minimum Gasteiger partial charge on any atom is -0.336 e. The molecule has 26 heavy (non-hydrogen) atoms. The molecule has 7 heteroatoms. The lowest BCUT2D eigenvalue weighted by Crippen LogP contribution is -2.29. The number of rotatable bonds is 3. The summed E-state index contributed by atoms with van der Waals surface area (Å²) in [6, 6.07) is 1.87. The zero-order valence-electron chi connectivity index (χ0n) is 15.7. The molecule has 2 aromatic heterocycles. The predicted octanol–water partition coefficient (Wildman–Crippen LogP) is 1.94. The van der Waals surface area contributed by atoms with Crippen LogP contribution in [-0.4, -0.2) is 62.6 Å². The Kier molecular flexibility index (Phi) is 4.48. The molecule has 0 spiro atoms. The van der Waals surface area contributed by atoms with Gasteiger partial charge < -0.3 is 9.80 Å². The van der Waals surface area contributed by atoms with E-state index in [2.05, 4.69) is 41.0 Å². The number of amides is 1. The molecule has 2 aromatic rings. The van der Waals surface area contributed by atoms with Crippen molar-refractivity contribution in [2.24, 2.45) is 0 Å². The van der Waals surface area contributed by atoms with Gasteiger partial charge in [-0.2, -0.15) is 5.10 Å². The number of hydrogen-bond acceptors (Lipinski definition) is 5. The van der Waals surface area contributed by atoms with E-state index in [4.69, 9.17) is 4.98 Å². The van der Waals surface area contributed by atoms with Crippen LogP contribution in [0.4, 0.5) is 0 Å². The van der Waals surface area contributed by atoms with E-state index in [-0.39, 0.29) is 11.8 Å². The van der Waals surface area contributed by atoms with Gasteiger partial charge in [-0.1, -0.05) is 13.8 Å². The Bertz CT molecular complexity index is 814. The van der Waals surface area contributed by atoms with Crippen LogP contribution in [0.5, 0.6) is 0 Å². The molecule has 0 aromatic carbocycles. The second-order valence-electron chi connectivity index (χ2n) is 7.79. The maximum atomic E-state index is 12.7. The van der Waals surface area contributed by atoms with Crippen molar-refractivity contribution in [2.75, 3.05) is 26.7 Å². The zero-order valence-corrected chi connectivity index (χ0v) is 15.7. The number of carbonyl (C=O) groups is 1. The monoisotopic (exact) mass is 354 g/mol. The number of carbonyl (C=O) groups excluding carboxylic acids is 1. The van der Waals surface area contributed by atoms with Crippen LogP contribution in [0.15, 0.2) is 12.3 Å². The van der Waals surface area contributed by atoms with Crippen LogP contribution in [0, 0.1) is 0 Å². The van der Waals surface area contributed by atoms with Gasteiger partial charge in [0.15, 0.2) is 0 Å². The topological polar surface area (TPSA) is 78.0 Å². The van der Waals surface area contributed by atoms with Gasteiger partial charge in [-0.25, -0.2) is 9.97 Å². The Labute approximate surface area is 153 Å². The second kappa shape index (κ2) is 6.79. The Balaban J connectivity index is 1.45. The predicted molar refractivity (Wildman–Crippen MR) is 98.0 cm³/mol. The number of nitrogens with zero attached hydrogens (tertiary/aromatic N) is 5. The highest BCUT2D eigenvalue weighted by Crippen LogP contribution is 2.27. The third kappa shape index (κ3) is 3.23. The zero-order chi connectivity index (χ0) is 18.3. The van der Waals surface area contributed by atoms with Crippen molar-refractivity contribution in [3.8, 4) is 0 Å². The van der Waals surface area contributed by atoms with E-state index in [0.29, 0.717) is 18.2 Å². The van der Waals surface area contributed by atoms with Crippen LogP contribution in [0.25, 0.3) is 0 Å². The number of nitrogens with one attached hydrogen (secondary N) is 1. The van der Waals surface area contributed by atoms with Gasteiger partial charge in [-0.15, -0.1) is 0 Å². The molecule has 2 aliphatic rings. The average Bonchev–Trinajstić information content (AvgIpc) is 3.30. The lowest BCUT2D eigenvalue weighted by Gasteiger charge is -2.24. The number of aromatic nitrogens is 4. The van der Waals surface area contributed by atoms with Crippen molar-refractivity contribution in [1.82, 2.24) is 30.0 Å². The van der Waals surface area contributed by atoms with Gasteiger partial charge in [0.2, 0.25) is 0 Å². The van der Waals surface area contributed by atoms with Crippen molar-refractivity contribution >= 4 is 5.91 Å². The maximum Gasteiger partial charge on any atom is 0.274 e. The van der Waals surface area contributed by atoms with E-state index >= 15 is 0 Å². The number of H-pyrrole nitrogens is 1. The molecule has 1 saturated heterocycles. The lowest BCUT2D eigenvalue weighted by molar-refractivity contribution is 0.0784. The smallest absolute Gasteiger partial charge is 0.274 e. The fourth-order valence-corrected chi connectivity index (χ4v) is 3.73. The highest BCUT2D eigenvalue weighted by Gasteiger charge is 2.31. The molecule has 0 unspecified atom stereocenters. The molecule has 4 rings (SSSR count). The normalized spacial score (nSPS) is 20.6. The van der Waals surface area contributed by atoms with Crippen LogP contribution < -0.4 is 0 Å². The molecule has 7 nitrogen and oxygen atoms in total. The summed E-state index contributed by atoms with van der Waals surface area (Å²) >= 11 is 0. The van der Waals surface area contributed by atoms with Gasteiger partial charge in [0.1, 0.15) is 11.5 Å². The van der Waals surface area contributed by atoms with Crippen molar-refractivity contribution in [3.63, 3.8) is 0 Å². The van der Waals surface area contributed by atoms with Crippen molar-refractivity contribution in [3.05, 3.63) is 40.7 Å². The fourth-order valence-electron chi connectivity index (χ4n) is 3.73. The maximum absolute atomic E-state index is 12.7. The average molecular weight is 354 g/mol. The molecule has 0 saturated carbocycles. The van der Waals surface area contributed by atoms with Crippen LogP contribution in [0.1, 0.15) is 65.4 Å². The molecule has 0 bridgehead atoms. The molecule has 138 valence electrons. The summed E-state index contributed by atoms with van der Waals surface area (Å²) in [7, 11) is 2.12. The van der Waals surface area contributed by atoms with Gasteiger partial charge >= 0.3 is 0 Å². The molecular formula is C19H26N6O. The molecule has 1 atom stereocenters. The summed E-state index contributed by atoms with van der Waals surface area (Å²) in [4.78, 5) is 26.3. The van der Waals surface area contributed by atoms with Gasteiger partial charge in [0.05, 0.1) is 0 Å². The Morgan fingerprint density at radius 1 is 1.35 bits per heavy atom. The van der Waals surface area contributed by atoms with E-state index in [0.717, 1.165) is 44.0 Å².